The van der Waals surface area contributed by atoms with Gasteiger partial charge in [-0.15, -0.1) is 0 Å². The van der Waals surface area contributed by atoms with Crippen LogP contribution in [0.5, 0.6) is 0 Å². The zero-order chi connectivity index (χ0) is 34.0. The minimum Gasteiger partial charge on any atom is -0.481 e. The van der Waals surface area contributed by atoms with Crippen molar-refractivity contribution in [1.82, 2.24) is 0 Å². The summed E-state index contributed by atoms with van der Waals surface area (Å²) in [5.41, 5.74) is 5.25. The van der Waals surface area contributed by atoms with Gasteiger partial charge in [-0.2, -0.15) is 0 Å². The smallest absolute Gasteiger partial charge is 0.307 e. The summed E-state index contributed by atoms with van der Waals surface area (Å²) < 4.78 is 18.6. The monoisotopic (exact) mass is 645 g/mol. The van der Waals surface area contributed by atoms with Gasteiger partial charge in [0.15, 0.2) is 0 Å². The maximum absolute atomic E-state index is 13.3. The number of aliphatic carboxylic acids is 1. The van der Waals surface area contributed by atoms with Gasteiger partial charge in [-0.1, -0.05) is 60.1 Å². The van der Waals surface area contributed by atoms with Gasteiger partial charge in [0.2, 0.25) is 0 Å². The topological polar surface area (TPSA) is 145 Å². The van der Waals surface area contributed by atoms with Crippen molar-refractivity contribution in [2.24, 2.45) is 62.4 Å². The molecule has 46 heavy (non-hydrogen) atoms. The summed E-state index contributed by atoms with van der Waals surface area (Å²) in [6.07, 6.45) is 6.30. The average Bonchev–Trinajstić information content (AvgIpc) is 2.97. The van der Waals surface area contributed by atoms with Crippen LogP contribution in [0.25, 0.3) is 0 Å². The van der Waals surface area contributed by atoms with Crippen LogP contribution in [0.3, 0.4) is 0 Å². The van der Waals surface area contributed by atoms with Crippen molar-refractivity contribution in [2.45, 2.75) is 125 Å². The third-order valence-corrected chi connectivity index (χ3v) is 14.6. The number of carboxylic acids is 1. The molecule has 12 atom stereocenters. The van der Waals surface area contributed by atoms with Crippen molar-refractivity contribution in [3.05, 3.63) is 11.6 Å². The highest BCUT2D eigenvalue weighted by atomic mass is 16.6. The molecule has 3 saturated carbocycles. The van der Waals surface area contributed by atoms with Gasteiger partial charge in [-0.05, 0) is 84.9 Å². The van der Waals surface area contributed by atoms with E-state index in [1.54, 1.807) is 0 Å². The number of carbonyl (C=O) groups excluding carboxylic acids is 2. The molecule has 9 heteroatoms. The van der Waals surface area contributed by atoms with Gasteiger partial charge < -0.3 is 30.2 Å². The molecular weight excluding hydrogens is 586 g/mol. The van der Waals surface area contributed by atoms with Crippen LogP contribution in [0, 0.1) is 56.7 Å². The molecule has 0 amide bonds. The third-order valence-electron chi connectivity index (χ3n) is 14.6. The maximum atomic E-state index is 13.3. The lowest BCUT2D eigenvalue weighted by Gasteiger charge is -2.71. The second-order valence-electron chi connectivity index (χ2n) is 17.1. The first kappa shape index (κ1) is 35.3. The lowest BCUT2D eigenvalue weighted by atomic mass is 9.34. The first-order valence-corrected chi connectivity index (χ1v) is 17.7. The van der Waals surface area contributed by atoms with Gasteiger partial charge in [-0.3, -0.25) is 14.4 Å². The largest absolute Gasteiger partial charge is 0.481 e. The Hall–Kier alpha value is -1.97. The molecule has 2 bridgehead atoms. The summed E-state index contributed by atoms with van der Waals surface area (Å²) in [5, 5.41) is 20.3. The van der Waals surface area contributed by atoms with Gasteiger partial charge in [0, 0.05) is 30.2 Å². The van der Waals surface area contributed by atoms with Crippen molar-refractivity contribution >= 4 is 17.9 Å². The van der Waals surface area contributed by atoms with E-state index in [1.165, 1.54) is 12.5 Å². The molecule has 1 heterocycles. The van der Waals surface area contributed by atoms with Crippen LogP contribution in [0.2, 0.25) is 0 Å². The van der Waals surface area contributed by atoms with Crippen molar-refractivity contribution in [1.29, 1.82) is 0 Å². The molecule has 0 aromatic carbocycles. The Labute approximate surface area is 275 Å². The van der Waals surface area contributed by atoms with Crippen LogP contribution in [0.4, 0.5) is 0 Å². The summed E-state index contributed by atoms with van der Waals surface area (Å²) in [6, 6.07) is -0.503. The SMILES string of the molecule is CC(=O)O[C@@H]1C[C@]23COC[C@](C)([C@@H]2CC[C@H]2C3=CC[C@@]3(C)[C@H](C(=O)O)[C@@](C)([C@H](C)C(C)C)CC[C@]23C)[C@H]1OC(=O)CC[C@@H](N)CO. The fourth-order valence-corrected chi connectivity index (χ4v) is 11.7. The molecule has 260 valence electrons. The molecule has 0 unspecified atom stereocenters. The van der Waals surface area contributed by atoms with Crippen LogP contribution >= 0.6 is 0 Å². The van der Waals surface area contributed by atoms with E-state index in [0.29, 0.717) is 38.4 Å². The van der Waals surface area contributed by atoms with E-state index in [0.717, 1.165) is 25.7 Å². The first-order chi connectivity index (χ1) is 21.4. The minimum absolute atomic E-state index is 0.0705. The standard InChI is InChI=1S/C37H59NO8/c1-21(2)22(3)33(5)15-16-35(7)25-10-11-28-34(6)19-44-20-37(28,26(25)13-14-36(35,8)30(33)32(42)43)17-27(45-23(4)40)31(34)46-29(41)12-9-24(38)18-39/h13,21-22,24-25,27-28,30-31,39H,9-12,14-20,38H2,1-8H3,(H,42,43)/t22-,24-,25+,27-,28+,30-,31+,33-,34-,35-,36+,37-/m1/s1. The fourth-order valence-electron chi connectivity index (χ4n) is 11.7. The van der Waals surface area contributed by atoms with E-state index in [-0.39, 0.29) is 41.6 Å². The molecule has 0 spiro atoms. The summed E-state index contributed by atoms with van der Waals surface area (Å²) in [4.78, 5) is 38.9. The molecule has 0 radical (unpaired) electrons. The van der Waals surface area contributed by atoms with Gasteiger partial charge in [0.05, 0.1) is 25.7 Å². The van der Waals surface area contributed by atoms with Crippen molar-refractivity contribution in [3.63, 3.8) is 0 Å². The highest BCUT2D eigenvalue weighted by Gasteiger charge is 2.72. The van der Waals surface area contributed by atoms with E-state index >= 15 is 0 Å². The van der Waals surface area contributed by atoms with Crippen LogP contribution < -0.4 is 5.73 Å². The molecular formula is C37H59NO8. The van der Waals surface area contributed by atoms with Crippen molar-refractivity contribution in [2.75, 3.05) is 19.8 Å². The number of carboxylic acid groups (broad SMARTS) is 1. The quantitative estimate of drug-likeness (QED) is 0.218. The normalized spacial score (nSPS) is 44.5. The number of aliphatic hydroxyl groups excluding tert-OH is 1. The summed E-state index contributed by atoms with van der Waals surface area (Å²) >= 11 is 0. The van der Waals surface area contributed by atoms with Gasteiger partial charge >= 0.3 is 17.9 Å². The molecule has 1 aliphatic heterocycles. The van der Waals surface area contributed by atoms with E-state index in [4.69, 9.17) is 19.9 Å². The molecule has 0 aromatic rings. The Balaban J connectivity index is 1.54. The Morgan fingerprint density at radius 3 is 2.35 bits per heavy atom. The number of fused-ring (bicyclic) bond motifs is 3. The Morgan fingerprint density at radius 1 is 1.04 bits per heavy atom. The van der Waals surface area contributed by atoms with Crippen molar-refractivity contribution < 1.29 is 38.8 Å². The Morgan fingerprint density at radius 2 is 1.74 bits per heavy atom. The lowest BCUT2D eigenvalue weighted by Crippen LogP contribution is -2.70. The molecule has 0 aromatic heterocycles. The van der Waals surface area contributed by atoms with Crippen LogP contribution in [0.1, 0.15) is 107 Å². The number of hydrogen-bond donors (Lipinski definition) is 3. The van der Waals surface area contributed by atoms with Crippen LogP contribution in [0.15, 0.2) is 11.6 Å². The molecule has 4 aliphatic carbocycles. The van der Waals surface area contributed by atoms with Crippen LogP contribution in [-0.4, -0.2) is 66.2 Å². The fraction of sp³-hybridized carbons (Fsp3) is 0.865. The summed E-state index contributed by atoms with van der Waals surface area (Å²) in [5.74, 6) is -0.994. The second kappa shape index (κ2) is 12.2. The van der Waals surface area contributed by atoms with E-state index in [2.05, 4.69) is 54.5 Å². The number of esters is 2. The van der Waals surface area contributed by atoms with Gasteiger partial charge in [0.25, 0.3) is 0 Å². The molecule has 1 saturated heterocycles. The third kappa shape index (κ3) is 5.17. The molecule has 5 aliphatic rings. The highest BCUT2D eigenvalue weighted by Crippen LogP contribution is 2.75. The van der Waals surface area contributed by atoms with E-state index in [9.17, 15) is 24.6 Å². The number of nitrogens with two attached hydrogens (primary N) is 1. The summed E-state index contributed by atoms with van der Waals surface area (Å²) in [6.45, 7) is 17.7. The zero-order valence-electron chi connectivity index (χ0n) is 29.4. The lowest BCUT2D eigenvalue weighted by molar-refractivity contribution is -0.263. The predicted molar refractivity (Wildman–Crippen MR) is 173 cm³/mol. The van der Waals surface area contributed by atoms with Gasteiger partial charge in [-0.25, -0.2) is 0 Å². The zero-order valence-corrected chi connectivity index (χ0v) is 29.4. The van der Waals surface area contributed by atoms with Crippen molar-refractivity contribution in [3.8, 4) is 0 Å². The first-order valence-electron chi connectivity index (χ1n) is 17.7. The number of carbonyl (C=O) groups is 3. The Bertz CT molecular complexity index is 1250. The summed E-state index contributed by atoms with van der Waals surface area (Å²) in [7, 11) is 0. The minimum atomic E-state index is -0.683. The number of ether oxygens (including phenoxy) is 3. The molecule has 4 N–H and O–H groups in total. The average molecular weight is 646 g/mol. The second-order valence-corrected chi connectivity index (χ2v) is 17.1. The molecule has 9 nitrogen and oxygen atoms in total. The molecule has 5 rings (SSSR count). The maximum Gasteiger partial charge on any atom is 0.307 e. The molecule has 4 fully saturated rings. The Kier molecular flexibility index (Phi) is 9.35. The van der Waals surface area contributed by atoms with E-state index < -0.39 is 58.3 Å². The predicted octanol–water partition coefficient (Wildman–Crippen LogP) is 5.52. The number of rotatable bonds is 9. The number of allylic oxidation sites excluding steroid dienone is 1. The van der Waals surface area contributed by atoms with Crippen LogP contribution in [-0.2, 0) is 28.6 Å². The number of hydrogen-bond acceptors (Lipinski definition) is 8. The van der Waals surface area contributed by atoms with Gasteiger partial charge in [0.1, 0.15) is 12.2 Å². The highest BCUT2D eigenvalue weighted by molar-refractivity contribution is 5.73. The van der Waals surface area contributed by atoms with E-state index in [1.807, 2.05) is 0 Å². The number of aliphatic hydroxyl groups is 1.